The third-order valence-corrected chi connectivity index (χ3v) is 3.00. The van der Waals surface area contributed by atoms with E-state index in [0.717, 1.165) is 5.56 Å². The van der Waals surface area contributed by atoms with Crippen molar-refractivity contribution in [1.29, 1.82) is 0 Å². The molecule has 0 aliphatic carbocycles. The average Bonchev–Trinajstić information content (AvgIpc) is 2.34. The fourth-order valence-corrected chi connectivity index (χ4v) is 2.01. The number of nitrogens with one attached hydrogen (secondary N) is 3. The number of H-pyrrole nitrogens is 2. The zero-order valence-electron chi connectivity index (χ0n) is 9.67. The van der Waals surface area contributed by atoms with Crippen LogP contribution in [0.4, 0.5) is 5.82 Å². The van der Waals surface area contributed by atoms with Crippen LogP contribution in [0.3, 0.4) is 0 Å². The predicted octanol–water partition coefficient (Wildman–Crippen LogP) is 1.42. The van der Waals surface area contributed by atoms with Gasteiger partial charge in [-0.2, -0.15) is 0 Å². The number of aromatic amines is 2. The Morgan fingerprint density at radius 3 is 2.74 bits per heavy atom. The summed E-state index contributed by atoms with van der Waals surface area (Å²) in [6.07, 6.45) is 0.594. The summed E-state index contributed by atoms with van der Waals surface area (Å²) in [4.78, 5) is 24.2. The SMILES string of the molecule is O=c1[nH]nc(NCCc2ccc(Cl)cc2Cl)c(=O)[nH]1. The first kappa shape index (κ1) is 13.6. The zero-order valence-corrected chi connectivity index (χ0v) is 11.2. The maximum Gasteiger partial charge on any atom is 0.342 e. The van der Waals surface area contributed by atoms with E-state index in [1.54, 1.807) is 12.1 Å². The molecule has 0 saturated heterocycles. The molecule has 0 fully saturated rings. The van der Waals surface area contributed by atoms with Crippen molar-refractivity contribution < 1.29 is 0 Å². The summed E-state index contributed by atoms with van der Waals surface area (Å²) in [5.41, 5.74) is -0.304. The lowest BCUT2D eigenvalue weighted by Gasteiger charge is -2.06. The summed E-state index contributed by atoms with van der Waals surface area (Å²) in [5.74, 6) is 0.0599. The fraction of sp³-hybridized carbons (Fsp3) is 0.182. The van der Waals surface area contributed by atoms with Gasteiger partial charge in [0, 0.05) is 16.6 Å². The standard InChI is InChI=1S/C11H10Cl2N4O2/c12-7-2-1-6(8(13)5-7)3-4-14-9-10(18)15-11(19)17-16-9/h1-2,5H,3-4H2,(H,14,16)(H2,15,17,18,19). The van der Waals surface area contributed by atoms with Gasteiger partial charge >= 0.3 is 5.69 Å². The molecule has 0 amide bonds. The van der Waals surface area contributed by atoms with Crippen molar-refractivity contribution in [2.75, 3.05) is 11.9 Å². The minimum absolute atomic E-state index is 0.0599. The molecule has 3 N–H and O–H groups in total. The van der Waals surface area contributed by atoms with Gasteiger partial charge in [-0.1, -0.05) is 29.3 Å². The second-order valence-electron chi connectivity index (χ2n) is 3.77. The lowest BCUT2D eigenvalue weighted by atomic mass is 10.1. The molecule has 0 aliphatic rings. The monoisotopic (exact) mass is 300 g/mol. The molecule has 1 aromatic heterocycles. The second kappa shape index (κ2) is 5.90. The number of aromatic nitrogens is 3. The molecular formula is C11H10Cl2N4O2. The van der Waals surface area contributed by atoms with Crippen LogP contribution in [0.2, 0.25) is 10.0 Å². The van der Waals surface area contributed by atoms with Crippen LogP contribution in [0.1, 0.15) is 5.56 Å². The van der Waals surface area contributed by atoms with Gasteiger partial charge in [0.1, 0.15) is 0 Å². The minimum Gasteiger partial charge on any atom is -0.364 e. The summed E-state index contributed by atoms with van der Waals surface area (Å²) in [6.45, 7) is 0.448. The summed E-state index contributed by atoms with van der Waals surface area (Å²) >= 11 is 11.8. The molecule has 0 saturated carbocycles. The largest absolute Gasteiger partial charge is 0.364 e. The van der Waals surface area contributed by atoms with E-state index in [1.165, 1.54) is 0 Å². The Hall–Kier alpha value is -1.79. The summed E-state index contributed by atoms with van der Waals surface area (Å²) in [5, 5.41) is 9.69. The van der Waals surface area contributed by atoms with E-state index in [2.05, 4.69) is 20.5 Å². The number of anilines is 1. The molecule has 0 spiro atoms. The Balaban J connectivity index is 2.00. The molecule has 2 aromatic rings. The van der Waals surface area contributed by atoms with Crippen LogP contribution in [-0.2, 0) is 6.42 Å². The Bertz CT molecular complexity index is 696. The zero-order chi connectivity index (χ0) is 13.8. The molecular weight excluding hydrogens is 291 g/mol. The highest BCUT2D eigenvalue weighted by Gasteiger charge is 2.04. The molecule has 0 unspecified atom stereocenters. The van der Waals surface area contributed by atoms with Crippen molar-refractivity contribution in [3.8, 4) is 0 Å². The second-order valence-corrected chi connectivity index (χ2v) is 4.61. The minimum atomic E-state index is -0.642. The Labute approximate surface area is 117 Å². The van der Waals surface area contributed by atoms with Crippen molar-refractivity contribution in [2.24, 2.45) is 0 Å². The van der Waals surface area contributed by atoms with Crippen molar-refractivity contribution >= 4 is 29.0 Å². The van der Waals surface area contributed by atoms with Crippen molar-refractivity contribution in [2.45, 2.75) is 6.42 Å². The number of halogens is 2. The van der Waals surface area contributed by atoms with Gasteiger partial charge in [-0.15, -0.1) is 5.10 Å². The van der Waals surface area contributed by atoms with Crippen LogP contribution < -0.4 is 16.6 Å². The molecule has 8 heteroatoms. The highest BCUT2D eigenvalue weighted by molar-refractivity contribution is 6.35. The fourth-order valence-electron chi connectivity index (χ4n) is 1.51. The van der Waals surface area contributed by atoms with E-state index in [4.69, 9.17) is 23.2 Å². The topological polar surface area (TPSA) is 90.6 Å². The van der Waals surface area contributed by atoms with Crippen LogP contribution in [0.5, 0.6) is 0 Å². The molecule has 0 aliphatic heterocycles. The van der Waals surface area contributed by atoms with Gasteiger partial charge in [-0.3, -0.25) is 9.78 Å². The highest BCUT2D eigenvalue weighted by Crippen LogP contribution is 2.21. The third-order valence-electron chi connectivity index (χ3n) is 2.41. The number of hydrogen-bond acceptors (Lipinski definition) is 4. The van der Waals surface area contributed by atoms with Crippen LogP contribution in [0.25, 0.3) is 0 Å². The molecule has 0 atom stereocenters. The highest BCUT2D eigenvalue weighted by atomic mass is 35.5. The van der Waals surface area contributed by atoms with Crippen molar-refractivity contribution in [3.05, 3.63) is 54.6 Å². The normalized spacial score (nSPS) is 10.4. The summed E-state index contributed by atoms with van der Waals surface area (Å²) < 4.78 is 0. The number of hydrogen-bond donors (Lipinski definition) is 3. The number of rotatable bonds is 4. The maximum absolute atomic E-state index is 11.3. The van der Waals surface area contributed by atoms with Crippen LogP contribution >= 0.6 is 23.2 Å². The van der Waals surface area contributed by atoms with E-state index < -0.39 is 11.2 Å². The van der Waals surface area contributed by atoms with E-state index in [9.17, 15) is 9.59 Å². The molecule has 6 nitrogen and oxygen atoms in total. The van der Waals surface area contributed by atoms with Gasteiger partial charge in [0.05, 0.1) is 0 Å². The molecule has 1 heterocycles. The van der Waals surface area contributed by atoms with E-state index in [0.29, 0.717) is 23.0 Å². The van der Waals surface area contributed by atoms with Crippen molar-refractivity contribution in [3.63, 3.8) is 0 Å². The van der Waals surface area contributed by atoms with Gasteiger partial charge in [-0.05, 0) is 24.1 Å². The summed E-state index contributed by atoms with van der Waals surface area (Å²) in [7, 11) is 0. The average molecular weight is 301 g/mol. The van der Waals surface area contributed by atoms with Crippen molar-refractivity contribution in [1.82, 2.24) is 15.2 Å². The van der Waals surface area contributed by atoms with E-state index in [1.807, 2.05) is 6.07 Å². The van der Waals surface area contributed by atoms with E-state index in [-0.39, 0.29) is 5.82 Å². The smallest absolute Gasteiger partial charge is 0.342 e. The van der Waals surface area contributed by atoms with Gasteiger partial charge in [0.25, 0.3) is 5.56 Å². The summed E-state index contributed by atoms with van der Waals surface area (Å²) in [6, 6.07) is 5.22. The molecule has 1 aromatic carbocycles. The Morgan fingerprint density at radius 1 is 1.26 bits per heavy atom. The lowest BCUT2D eigenvalue weighted by Crippen LogP contribution is -2.27. The Kier molecular flexibility index (Phi) is 4.24. The first-order valence-corrected chi connectivity index (χ1v) is 6.18. The van der Waals surface area contributed by atoms with E-state index >= 15 is 0 Å². The predicted molar refractivity (Wildman–Crippen MR) is 74.1 cm³/mol. The van der Waals surface area contributed by atoms with Gasteiger partial charge < -0.3 is 5.32 Å². The first-order chi connectivity index (χ1) is 9.06. The van der Waals surface area contributed by atoms with Crippen LogP contribution in [-0.4, -0.2) is 21.7 Å². The number of nitrogens with zero attached hydrogens (tertiary/aromatic N) is 1. The quantitative estimate of drug-likeness (QED) is 0.796. The molecule has 100 valence electrons. The van der Waals surface area contributed by atoms with Gasteiger partial charge in [0.15, 0.2) is 0 Å². The Morgan fingerprint density at radius 2 is 2.05 bits per heavy atom. The number of benzene rings is 1. The first-order valence-electron chi connectivity index (χ1n) is 5.43. The van der Waals surface area contributed by atoms with Crippen LogP contribution in [0.15, 0.2) is 27.8 Å². The molecule has 0 radical (unpaired) electrons. The molecule has 2 rings (SSSR count). The maximum atomic E-state index is 11.3. The molecule has 19 heavy (non-hydrogen) atoms. The lowest BCUT2D eigenvalue weighted by molar-refractivity contribution is 0.877. The molecule has 0 bridgehead atoms. The van der Waals surface area contributed by atoms with Gasteiger partial charge in [-0.25, -0.2) is 9.89 Å². The van der Waals surface area contributed by atoms with Crippen LogP contribution in [0, 0.1) is 0 Å². The van der Waals surface area contributed by atoms with Gasteiger partial charge in [0.2, 0.25) is 5.82 Å². The third kappa shape index (κ3) is 3.59.